The van der Waals surface area contributed by atoms with Gasteiger partial charge in [-0.1, -0.05) is 36.4 Å². The second-order valence-corrected chi connectivity index (χ2v) is 6.27. The summed E-state index contributed by atoms with van der Waals surface area (Å²) in [6, 6.07) is 7.68. The number of rotatable bonds is 2. The number of hydrogen-bond donors (Lipinski definition) is 1. The van der Waals surface area contributed by atoms with E-state index in [-0.39, 0.29) is 11.6 Å². The van der Waals surface area contributed by atoms with Gasteiger partial charge < -0.3 is 0 Å². The van der Waals surface area contributed by atoms with Crippen molar-refractivity contribution in [3.8, 4) is 11.1 Å². The average Bonchev–Trinajstić information content (AvgIpc) is 2.44. The van der Waals surface area contributed by atoms with Crippen LogP contribution in [-0.4, -0.2) is 8.42 Å². The smallest absolute Gasteiger partial charge is 0.225 e. The van der Waals surface area contributed by atoms with E-state index < -0.39 is 44.0 Å². The molecule has 0 fully saturated rings. The van der Waals surface area contributed by atoms with Crippen LogP contribution in [0, 0.1) is 0 Å². The maximum atomic E-state index is 13.2. The van der Waals surface area contributed by atoms with Crippen molar-refractivity contribution in [1.82, 2.24) is 0 Å². The van der Waals surface area contributed by atoms with Crippen molar-refractivity contribution < 1.29 is 34.8 Å². The van der Waals surface area contributed by atoms with Crippen LogP contribution in [0.15, 0.2) is 47.4 Å². The summed E-state index contributed by atoms with van der Waals surface area (Å²) < 4.78 is 102. The molecule has 0 amide bonds. The minimum absolute atomic E-state index is 0.0132. The Bertz CT molecular complexity index is 857. The highest BCUT2D eigenvalue weighted by Gasteiger charge is 2.47. The summed E-state index contributed by atoms with van der Waals surface area (Å²) in [4.78, 5) is -1.60. The standard InChI is InChI=1S/C14H9F6NO2S/c15-13(16,17)10-7-6-9(8-4-2-1-3-5-8)12(24(21,22)23)11(10)14(18,19)20/h1-7H,(H2,21,22,23). The van der Waals surface area contributed by atoms with E-state index in [0.717, 1.165) is 0 Å². The fourth-order valence-electron chi connectivity index (χ4n) is 2.24. The monoisotopic (exact) mass is 369 g/mol. The van der Waals surface area contributed by atoms with Crippen molar-refractivity contribution >= 4 is 10.0 Å². The Morgan fingerprint density at radius 2 is 1.33 bits per heavy atom. The molecule has 2 rings (SSSR count). The van der Waals surface area contributed by atoms with Crippen LogP contribution in [0.3, 0.4) is 0 Å². The van der Waals surface area contributed by atoms with Crippen LogP contribution in [0.5, 0.6) is 0 Å². The van der Waals surface area contributed by atoms with Gasteiger partial charge in [0.15, 0.2) is 0 Å². The van der Waals surface area contributed by atoms with E-state index in [4.69, 9.17) is 5.14 Å². The number of primary sulfonamides is 1. The maximum Gasteiger partial charge on any atom is 0.418 e. The van der Waals surface area contributed by atoms with Gasteiger partial charge in [0, 0.05) is 5.56 Å². The second-order valence-electron chi connectivity index (χ2n) is 4.77. The molecule has 0 heterocycles. The van der Waals surface area contributed by atoms with Crippen molar-refractivity contribution in [2.45, 2.75) is 17.2 Å². The number of halogens is 6. The summed E-state index contributed by atoms with van der Waals surface area (Å²) in [5.74, 6) is 0. The lowest BCUT2D eigenvalue weighted by Crippen LogP contribution is -2.24. The fourth-order valence-corrected chi connectivity index (χ4v) is 3.24. The van der Waals surface area contributed by atoms with Crippen molar-refractivity contribution in [2.75, 3.05) is 0 Å². The van der Waals surface area contributed by atoms with Crippen molar-refractivity contribution in [3.05, 3.63) is 53.6 Å². The molecule has 0 spiro atoms. The van der Waals surface area contributed by atoms with Crippen LogP contribution in [0.2, 0.25) is 0 Å². The number of benzene rings is 2. The molecule has 0 atom stereocenters. The molecule has 0 aliphatic rings. The first-order chi connectivity index (χ1) is 10.8. The molecule has 24 heavy (non-hydrogen) atoms. The molecule has 0 bridgehead atoms. The highest BCUT2D eigenvalue weighted by molar-refractivity contribution is 7.89. The van der Waals surface area contributed by atoms with E-state index in [1.165, 1.54) is 30.3 Å². The number of nitrogens with two attached hydrogens (primary N) is 1. The largest absolute Gasteiger partial charge is 0.418 e. The Labute approximate surface area is 132 Å². The summed E-state index contributed by atoms with van der Waals surface area (Å²) in [6.45, 7) is 0. The SMILES string of the molecule is NS(=O)(=O)c1c(-c2ccccc2)ccc(C(F)(F)F)c1C(F)(F)F. The van der Waals surface area contributed by atoms with Crippen molar-refractivity contribution in [1.29, 1.82) is 0 Å². The quantitative estimate of drug-likeness (QED) is 0.813. The van der Waals surface area contributed by atoms with E-state index in [9.17, 15) is 34.8 Å². The number of alkyl halides is 6. The normalized spacial score (nSPS) is 13.1. The Kier molecular flexibility index (Phi) is 4.40. The Morgan fingerprint density at radius 1 is 0.792 bits per heavy atom. The molecule has 0 aliphatic heterocycles. The molecule has 10 heteroatoms. The van der Waals surface area contributed by atoms with Crippen molar-refractivity contribution in [2.24, 2.45) is 5.14 Å². The van der Waals surface area contributed by atoms with Gasteiger partial charge in [-0.25, -0.2) is 13.6 Å². The molecule has 0 unspecified atom stereocenters. The van der Waals surface area contributed by atoms with E-state index in [1.54, 1.807) is 0 Å². The van der Waals surface area contributed by atoms with E-state index >= 15 is 0 Å². The van der Waals surface area contributed by atoms with Gasteiger partial charge in [0.05, 0.1) is 11.1 Å². The molecular formula is C14H9F6NO2S. The predicted molar refractivity (Wildman–Crippen MR) is 73.3 cm³/mol. The maximum absolute atomic E-state index is 13.2. The zero-order valence-corrected chi connectivity index (χ0v) is 12.4. The lowest BCUT2D eigenvalue weighted by Gasteiger charge is -2.21. The van der Waals surface area contributed by atoms with Gasteiger partial charge in [0.25, 0.3) is 0 Å². The van der Waals surface area contributed by atoms with Gasteiger partial charge in [0.2, 0.25) is 10.0 Å². The molecule has 2 aromatic rings. The van der Waals surface area contributed by atoms with Gasteiger partial charge in [-0.15, -0.1) is 0 Å². The molecule has 0 saturated heterocycles. The van der Waals surface area contributed by atoms with Gasteiger partial charge >= 0.3 is 12.4 Å². The van der Waals surface area contributed by atoms with E-state index in [1.807, 2.05) is 0 Å². The zero-order valence-electron chi connectivity index (χ0n) is 11.6. The van der Waals surface area contributed by atoms with Gasteiger partial charge in [-0.2, -0.15) is 26.3 Å². The lowest BCUT2D eigenvalue weighted by atomic mass is 9.98. The molecule has 3 nitrogen and oxygen atoms in total. The Morgan fingerprint density at radius 3 is 1.75 bits per heavy atom. The van der Waals surface area contributed by atoms with Crippen molar-refractivity contribution in [3.63, 3.8) is 0 Å². The first-order valence-corrected chi connectivity index (χ1v) is 7.77. The Balaban J connectivity index is 3.02. The van der Waals surface area contributed by atoms with Gasteiger partial charge in [-0.05, 0) is 11.6 Å². The third kappa shape index (κ3) is 3.54. The number of hydrogen-bond acceptors (Lipinski definition) is 2. The van der Waals surface area contributed by atoms with Gasteiger partial charge in [0.1, 0.15) is 4.90 Å². The van der Waals surface area contributed by atoms with Crippen LogP contribution >= 0.6 is 0 Å². The molecule has 0 aromatic heterocycles. The van der Waals surface area contributed by atoms with Crippen LogP contribution in [0.25, 0.3) is 11.1 Å². The molecule has 130 valence electrons. The molecule has 2 N–H and O–H groups in total. The van der Waals surface area contributed by atoms with Crippen LogP contribution < -0.4 is 5.14 Å². The summed E-state index contributed by atoms with van der Waals surface area (Å²) in [7, 11) is -5.10. The van der Waals surface area contributed by atoms with Crippen LogP contribution in [0.4, 0.5) is 26.3 Å². The van der Waals surface area contributed by atoms with Crippen LogP contribution in [0.1, 0.15) is 11.1 Å². The first kappa shape index (κ1) is 18.3. The minimum Gasteiger partial charge on any atom is -0.225 e. The molecule has 0 saturated carbocycles. The van der Waals surface area contributed by atoms with Crippen LogP contribution in [-0.2, 0) is 22.4 Å². The first-order valence-electron chi connectivity index (χ1n) is 6.23. The van der Waals surface area contributed by atoms with Gasteiger partial charge in [-0.3, -0.25) is 0 Å². The van der Waals surface area contributed by atoms with E-state index in [0.29, 0.717) is 6.07 Å². The topological polar surface area (TPSA) is 60.2 Å². The molecular weight excluding hydrogens is 360 g/mol. The summed E-state index contributed by atoms with van der Waals surface area (Å²) in [6.07, 6.45) is -11.0. The molecule has 0 radical (unpaired) electrons. The molecule has 2 aromatic carbocycles. The predicted octanol–water partition coefficient (Wildman–Crippen LogP) is 4.04. The zero-order chi connectivity index (χ0) is 18.3. The lowest BCUT2D eigenvalue weighted by molar-refractivity contribution is -0.163. The summed E-state index contributed by atoms with van der Waals surface area (Å²) in [5, 5.41) is 4.81. The third-order valence-electron chi connectivity index (χ3n) is 3.12. The molecule has 0 aliphatic carbocycles. The Hall–Kier alpha value is -2.07. The summed E-state index contributed by atoms with van der Waals surface area (Å²) in [5.41, 5.74) is -5.00. The second kappa shape index (κ2) is 5.78. The highest BCUT2D eigenvalue weighted by atomic mass is 32.2. The summed E-state index contributed by atoms with van der Waals surface area (Å²) >= 11 is 0. The average molecular weight is 369 g/mol. The number of sulfonamides is 1. The highest BCUT2D eigenvalue weighted by Crippen LogP contribution is 2.46. The van der Waals surface area contributed by atoms with E-state index in [2.05, 4.69) is 0 Å². The minimum atomic E-state index is -5.57. The fraction of sp³-hybridized carbons (Fsp3) is 0.143. The third-order valence-corrected chi connectivity index (χ3v) is 4.11.